The van der Waals surface area contributed by atoms with Gasteiger partial charge in [0.25, 0.3) is 0 Å². The number of halogens is 2. The maximum absolute atomic E-state index is 13.3. The molecule has 1 aromatic rings. The highest BCUT2D eigenvalue weighted by Crippen LogP contribution is 2.20. The predicted octanol–water partition coefficient (Wildman–Crippen LogP) is 3.17. The molecule has 1 saturated heterocycles. The number of hydrogen-bond acceptors (Lipinski definition) is 2. The molecule has 0 amide bonds. The van der Waals surface area contributed by atoms with Crippen molar-refractivity contribution in [3.8, 4) is 0 Å². The third-order valence-electron chi connectivity index (χ3n) is 4.11. The Hall–Kier alpha value is -1.00. The van der Waals surface area contributed by atoms with Gasteiger partial charge in [-0.3, -0.25) is 4.90 Å². The van der Waals surface area contributed by atoms with E-state index in [-0.39, 0.29) is 0 Å². The van der Waals surface area contributed by atoms with Crippen LogP contribution in [0, 0.1) is 17.6 Å². The van der Waals surface area contributed by atoms with Crippen molar-refractivity contribution < 1.29 is 8.78 Å². The van der Waals surface area contributed by atoms with E-state index in [0.717, 1.165) is 25.6 Å². The number of nitrogens with zero attached hydrogens (tertiary/aromatic N) is 1. The summed E-state index contributed by atoms with van der Waals surface area (Å²) < 4.78 is 26.6. The van der Waals surface area contributed by atoms with E-state index in [4.69, 9.17) is 0 Å². The van der Waals surface area contributed by atoms with Crippen LogP contribution < -0.4 is 5.32 Å². The van der Waals surface area contributed by atoms with Crippen LogP contribution in [0.5, 0.6) is 0 Å². The molecule has 2 rings (SSSR count). The van der Waals surface area contributed by atoms with E-state index in [0.29, 0.717) is 30.1 Å². The summed E-state index contributed by atoms with van der Waals surface area (Å²) in [6.45, 7) is 9.02. The van der Waals surface area contributed by atoms with Gasteiger partial charge in [-0.05, 0) is 30.0 Å². The van der Waals surface area contributed by atoms with Crippen molar-refractivity contribution in [1.82, 2.24) is 10.2 Å². The van der Waals surface area contributed by atoms with Crippen molar-refractivity contribution in [2.24, 2.45) is 5.92 Å². The molecule has 0 aromatic heterocycles. The van der Waals surface area contributed by atoms with Crippen molar-refractivity contribution >= 4 is 0 Å². The number of nitrogens with one attached hydrogen (secondary N) is 1. The first-order valence-electron chi connectivity index (χ1n) is 7.42. The summed E-state index contributed by atoms with van der Waals surface area (Å²) in [5.74, 6) is -0.481. The van der Waals surface area contributed by atoms with Gasteiger partial charge in [0.2, 0.25) is 0 Å². The van der Waals surface area contributed by atoms with Crippen LogP contribution in [0.15, 0.2) is 18.2 Å². The van der Waals surface area contributed by atoms with Crippen LogP contribution >= 0.6 is 0 Å². The molecule has 4 heteroatoms. The highest BCUT2D eigenvalue weighted by molar-refractivity contribution is 5.18. The minimum Gasteiger partial charge on any atom is -0.311 e. The van der Waals surface area contributed by atoms with Crippen LogP contribution in [0.2, 0.25) is 0 Å². The molecule has 2 unspecified atom stereocenters. The van der Waals surface area contributed by atoms with Gasteiger partial charge in [0.1, 0.15) is 11.6 Å². The van der Waals surface area contributed by atoms with Gasteiger partial charge in [-0.2, -0.15) is 0 Å². The number of benzene rings is 1. The van der Waals surface area contributed by atoms with E-state index >= 15 is 0 Å². The predicted molar refractivity (Wildman–Crippen MR) is 77.5 cm³/mol. The highest BCUT2D eigenvalue weighted by Gasteiger charge is 2.29. The Labute approximate surface area is 120 Å². The van der Waals surface area contributed by atoms with Gasteiger partial charge >= 0.3 is 0 Å². The van der Waals surface area contributed by atoms with Crippen LogP contribution in [0.1, 0.15) is 32.8 Å². The number of piperazine rings is 1. The van der Waals surface area contributed by atoms with Crippen LogP contribution in [0.3, 0.4) is 0 Å². The second-order valence-corrected chi connectivity index (χ2v) is 6.03. The summed E-state index contributed by atoms with van der Waals surface area (Å²) in [7, 11) is 0. The minimum absolute atomic E-state index is 0.407. The second-order valence-electron chi connectivity index (χ2n) is 6.03. The van der Waals surface area contributed by atoms with Crippen LogP contribution in [0.25, 0.3) is 0 Å². The molecular formula is C16H24F2N2. The fraction of sp³-hybridized carbons (Fsp3) is 0.625. The normalized spacial score (nSPS) is 24.3. The van der Waals surface area contributed by atoms with E-state index in [1.165, 1.54) is 12.1 Å². The van der Waals surface area contributed by atoms with Gasteiger partial charge in [-0.25, -0.2) is 8.78 Å². The Kier molecular flexibility index (Phi) is 5.11. The largest absolute Gasteiger partial charge is 0.311 e. The molecule has 0 aliphatic carbocycles. The molecule has 0 radical (unpaired) electrons. The third-order valence-corrected chi connectivity index (χ3v) is 4.11. The standard InChI is InChI=1S/C16H24F2N2/c1-4-15-10-20(16(8-19-15)11(2)3)9-12-5-13(17)7-14(18)6-12/h5-7,11,15-16,19H,4,8-10H2,1-3H3. The van der Waals surface area contributed by atoms with Gasteiger partial charge in [0.15, 0.2) is 0 Å². The number of hydrogen-bond donors (Lipinski definition) is 1. The first kappa shape index (κ1) is 15.4. The van der Waals surface area contributed by atoms with Crippen molar-refractivity contribution in [3.63, 3.8) is 0 Å². The van der Waals surface area contributed by atoms with Gasteiger partial charge in [-0.1, -0.05) is 20.8 Å². The van der Waals surface area contributed by atoms with Crippen molar-refractivity contribution in [2.45, 2.75) is 45.8 Å². The summed E-state index contributed by atoms with van der Waals surface area (Å²) in [5, 5.41) is 3.55. The van der Waals surface area contributed by atoms with E-state index in [2.05, 4.69) is 31.0 Å². The monoisotopic (exact) mass is 282 g/mol. The first-order valence-corrected chi connectivity index (χ1v) is 7.42. The fourth-order valence-electron chi connectivity index (χ4n) is 2.95. The molecule has 1 aromatic carbocycles. The lowest BCUT2D eigenvalue weighted by Crippen LogP contribution is -2.57. The molecular weight excluding hydrogens is 258 g/mol. The summed E-state index contributed by atoms with van der Waals surface area (Å²) in [6.07, 6.45) is 1.07. The molecule has 1 fully saturated rings. The molecule has 2 atom stereocenters. The molecule has 0 spiro atoms. The molecule has 0 saturated carbocycles. The summed E-state index contributed by atoms with van der Waals surface area (Å²) in [5.41, 5.74) is 0.713. The summed E-state index contributed by atoms with van der Waals surface area (Å²) in [4.78, 5) is 2.35. The van der Waals surface area contributed by atoms with Gasteiger partial charge in [0, 0.05) is 37.8 Å². The maximum atomic E-state index is 13.3. The lowest BCUT2D eigenvalue weighted by Gasteiger charge is -2.42. The number of rotatable bonds is 4. The van der Waals surface area contributed by atoms with Crippen molar-refractivity contribution in [1.29, 1.82) is 0 Å². The fourth-order valence-corrected chi connectivity index (χ4v) is 2.95. The van der Waals surface area contributed by atoms with E-state index in [1.807, 2.05) is 0 Å². The lowest BCUT2D eigenvalue weighted by molar-refractivity contribution is 0.0898. The minimum atomic E-state index is -0.497. The smallest absolute Gasteiger partial charge is 0.126 e. The molecule has 112 valence electrons. The SMILES string of the molecule is CCC1CN(Cc2cc(F)cc(F)c2)C(C(C)C)CN1. The molecule has 20 heavy (non-hydrogen) atoms. The topological polar surface area (TPSA) is 15.3 Å². The third kappa shape index (κ3) is 3.76. The lowest BCUT2D eigenvalue weighted by atomic mass is 9.97. The maximum Gasteiger partial charge on any atom is 0.126 e. The Morgan fingerprint density at radius 2 is 1.90 bits per heavy atom. The van der Waals surface area contributed by atoms with Crippen molar-refractivity contribution in [2.75, 3.05) is 13.1 Å². The van der Waals surface area contributed by atoms with Crippen LogP contribution in [0.4, 0.5) is 8.78 Å². The molecule has 1 aliphatic heterocycles. The zero-order chi connectivity index (χ0) is 14.7. The summed E-state index contributed by atoms with van der Waals surface area (Å²) >= 11 is 0. The molecule has 1 heterocycles. The van der Waals surface area contributed by atoms with E-state index in [1.54, 1.807) is 0 Å². The van der Waals surface area contributed by atoms with Gasteiger partial charge in [-0.15, -0.1) is 0 Å². The average Bonchev–Trinajstić information content (AvgIpc) is 2.37. The van der Waals surface area contributed by atoms with E-state index in [9.17, 15) is 8.78 Å². The van der Waals surface area contributed by atoms with Crippen LogP contribution in [-0.2, 0) is 6.54 Å². The van der Waals surface area contributed by atoms with Gasteiger partial charge < -0.3 is 5.32 Å². The Morgan fingerprint density at radius 1 is 1.25 bits per heavy atom. The van der Waals surface area contributed by atoms with Gasteiger partial charge in [0.05, 0.1) is 0 Å². The Balaban J connectivity index is 2.13. The molecule has 1 aliphatic rings. The second kappa shape index (κ2) is 6.64. The zero-order valence-electron chi connectivity index (χ0n) is 12.5. The molecule has 2 nitrogen and oxygen atoms in total. The summed E-state index contributed by atoms with van der Waals surface area (Å²) in [6, 6.07) is 4.66. The average molecular weight is 282 g/mol. The molecule has 0 bridgehead atoms. The quantitative estimate of drug-likeness (QED) is 0.912. The highest BCUT2D eigenvalue weighted by atomic mass is 19.1. The zero-order valence-corrected chi connectivity index (χ0v) is 12.5. The van der Waals surface area contributed by atoms with Crippen molar-refractivity contribution in [3.05, 3.63) is 35.4 Å². The first-order chi connectivity index (χ1) is 9.49. The Morgan fingerprint density at radius 3 is 2.45 bits per heavy atom. The van der Waals surface area contributed by atoms with Crippen LogP contribution in [-0.4, -0.2) is 30.1 Å². The van der Waals surface area contributed by atoms with E-state index < -0.39 is 11.6 Å². The Bertz CT molecular complexity index is 428. The molecule has 1 N–H and O–H groups in total.